The number of furan rings is 1. The first kappa shape index (κ1) is 19.6. The van der Waals surface area contributed by atoms with Gasteiger partial charge in [-0.25, -0.2) is 8.78 Å². The number of benzene rings is 3. The number of fused-ring (bicyclic) bond motifs is 2. The van der Waals surface area contributed by atoms with Crippen LogP contribution in [0.4, 0.5) is 8.78 Å². The van der Waals surface area contributed by atoms with Crippen molar-refractivity contribution in [3.8, 4) is 22.6 Å². The Morgan fingerprint density at radius 2 is 1.52 bits per heavy atom. The summed E-state index contributed by atoms with van der Waals surface area (Å²) in [5.74, 6) is -0.861. The summed E-state index contributed by atoms with van der Waals surface area (Å²) in [6, 6.07) is 19.8. The predicted molar refractivity (Wildman–Crippen MR) is 125 cm³/mol. The number of nitrogens with zero attached hydrogens (tertiary/aromatic N) is 1. The van der Waals surface area contributed by atoms with Crippen molar-refractivity contribution in [3.05, 3.63) is 84.6 Å². The van der Waals surface area contributed by atoms with Crippen molar-refractivity contribution in [2.24, 2.45) is 0 Å². The summed E-state index contributed by atoms with van der Waals surface area (Å²) in [5, 5.41) is 4.63. The number of rotatable bonds is 3. The van der Waals surface area contributed by atoms with E-state index < -0.39 is 19.7 Å². The van der Waals surface area contributed by atoms with Crippen LogP contribution in [0.5, 0.6) is 0 Å². The molecular formula is C26H21F2NOSi. The zero-order valence-corrected chi connectivity index (χ0v) is 18.5. The summed E-state index contributed by atoms with van der Waals surface area (Å²) in [6.07, 6.45) is 1.74. The maximum absolute atomic E-state index is 13.7. The molecule has 2 nitrogen and oxygen atoms in total. The fourth-order valence-corrected chi connectivity index (χ4v) is 5.70. The van der Waals surface area contributed by atoms with Crippen LogP contribution in [-0.2, 0) is 0 Å². The first-order valence-electron chi connectivity index (χ1n) is 10.2. The van der Waals surface area contributed by atoms with E-state index in [9.17, 15) is 8.78 Å². The lowest BCUT2D eigenvalue weighted by Crippen LogP contribution is -2.38. The summed E-state index contributed by atoms with van der Waals surface area (Å²) in [7, 11) is -1.63. The largest absolute Gasteiger partial charge is 0.454 e. The Morgan fingerprint density at radius 1 is 0.774 bits per heavy atom. The van der Waals surface area contributed by atoms with Crippen LogP contribution in [-0.4, -0.2) is 13.1 Å². The molecular weight excluding hydrogens is 408 g/mol. The lowest BCUT2D eigenvalue weighted by atomic mass is 10.0. The summed E-state index contributed by atoms with van der Waals surface area (Å²) in [5.41, 5.74) is 2.68. The summed E-state index contributed by atoms with van der Waals surface area (Å²) in [6.45, 7) is 6.99. The molecule has 0 amide bonds. The summed E-state index contributed by atoms with van der Waals surface area (Å²) < 4.78 is 33.6. The Kier molecular flexibility index (Phi) is 4.52. The zero-order chi connectivity index (χ0) is 21.8. The Morgan fingerprint density at radius 3 is 2.26 bits per heavy atom. The van der Waals surface area contributed by atoms with Gasteiger partial charge in [-0.3, -0.25) is 4.98 Å². The molecule has 0 radical (unpaired) electrons. The van der Waals surface area contributed by atoms with Crippen molar-refractivity contribution in [2.75, 3.05) is 0 Å². The van der Waals surface area contributed by atoms with E-state index >= 15 is 0 Å². The Labute approximate surface area is 180 Å². The van der Waals surface area contributed by atoms with Gasteiger partial charge < -0.3 is 4.42 Å². The molecule has 5 heteroatoms. The minimum Gasteiger partial charge on any atom is -0.454 e. The van der Waals surface area contributed by atoms with E-state index in [-0.39, 0.29) is 0 Å². The monoisotopic (exact) mass is 429 g/mol. The van der Waals surface area contributed by atoms with Crippen molar-refractivity contribution in [2.45, 2.75) is 19.6 Å². The maximum atomic E-state index is 13.7. The van der Waals surface area contributed by atoms with E-state index in [1.165, 1.54) is 22.7 Å². The van der Waals surface area contributed by atoms with Crippen LogP contribution in [0.25, 0.3) is 44.3 Å². The second kappa shape index (κ2) is 7.13. The smallest absolute Gasteiger partial charge is 0.161 e. The van der Waals surface area contributed by atoms with E-state index in [0.717, 1.165) is 28.1 Å². The normalized spacial score (nSPS) is 12.0. The van der Waals surface area contributed by atoms with Crippen LogP contribution in [0.15, 0.2) is 77.3 Å². The lowest BCUT2D eigenvalue weighted by molar-refractivity contribution is 0.580. The third-order valence-electron chi connectivity index (χ3n) is 5.52. The van der Waals surface area contributed by atoms with Crippen molar-refractivity contribution >= 4 is 35.0 Å². The molecule has 0 saturated heterocycles. The van der Waals surface area contributed by atoms with Gasteiger partial charge in [-0.05, 0) is 41.1 Å². The molecule has 0 saturated carbocycles. The van der Waals surface area contributed by atoms with Gasteiger partial charge in [0.15, 0.2) is 5.58 Å². The number of halogens is 2. The molecule has 2 heterocycles. The highest BCUT2D eigenvalue weighted by molar-refractivity contribution is 6.90. The van der Waals surface area contributed by atoms with Gasteiger partial charge in [0.1, 0.15) is 23.1 Å². The molecule has 31 heavy (non-hydrogen) atoms. The average Bonchev–Trinajstić information content (AvgIpc) is 3.16. The van der Waals surface area contributed by atoms with E-state index in [0.29, 0.717) is 16.9 Å². The van der Waals surface area contributed by atoms with Crippen molar-refractivity contribution in [1.29, 1.82) is 0 Å². The van der Waals surface area contributed by atoms with Crippen molar-refractivity contribution < 1.29 is 13.2 Å². The minimum absolute atomic E-state index is 0.362. The fourth-order valence-electron chi connectivity index (χ4n) is 4.08. The molecule has 5 rings (SSSR count). The number of hydrogen-bond acceptors (Lipinski definition) is 2. The third kappa shape index (κ3) is 3.55. The molecule has 0 aliphatic carbocycles. The quantitative estimate of drug-likeness (QED) is 0.285. The molecule has 154 valence electrons. The lowest BCUT2D eigenvalue weighted by Gasteiger charge is -2.20. The van der Waals surface area contributed by atoms with Crippen molar-refractivity contribution in [1.82, 2.24) is 4.98 Å². The number of hydrogen-bond donors (Lipinski definition) is 0. The molecule has 0 spiro atoms. The van der Waals surface area contributed by atoms with Crippen LogP contribution in [0.1, 0.15) is 0 Å². The molecule has 0 aliphatic heterocycles. The second-order valence-corrected chi connectivity index (χ2v) is 13.9. The van der Waals surface area contributed by atoms with Gasteiger partial charge >= 0.3 is 0 Å². The summed E-state index contributed by atoms with van der Waals surface area (Å²) >= 11 is 0. The molecule has 0 N–H and O–H groups in total. The highest BCUT2D eigenvalue weighted by Crippen LogP contribution is 2.35. The SMILES string of the molecule is C[Si](C)(C)c1cc(-c2nccc3cc(-c4cc(F)cc(F)c4)oc23)cc2ccccc12. The van der Waals surface area contributed by atoms with Crippen LogP contribution in [0, 0.1) is 11.6 Å². The van der Waals surface area contributed by atoms with Crippen LogP contribution in [0.2, 0.25) is 19.6 Å². The molecule has 0 fully saturated rings. The van der Waals surface area contributed by atoms with E-state index in [1.807, 2.05) is 12.1 Å². The third-order valence-corrected chi connectivity index (χ3v) is 7.55. The van der Waals surface area contributed by atoms with Crippen LogP contribution >= 0.6 is 0 Å². The first-order valence-corrected chi connectivity index (χ1v) is 13.7. The van der Waals surface area contributed by atoms with Gasteiger partial charge in [0.25, 0.3) is 0 Å². The Hall–Kier alpha value is -3.31. The van der Waals surface area contributed by atoms with Gasteiger partial charge in [-0.15, -0.1) is 0 Å². The van der Waals surface area contributed by atoms with Gasteiger partial charge in [0.05, 0.1) is 8.07 Å². The number of aromatic nitrogens is 1. The average molecular weight is 430 g/mol. The highest BCUT2D eigenvalue weighted by atomic mass is 28.3. The zero-order valence-electron chi connectivity index (χ0n) is 17.5. The Balaban J connectivity index is 1.74. The molecule has 5 aromatic rings. The Bertz CT molecular complexity index is 1430. The van der Waals surface area contributed by atoms with Gasteiger partial charge in [-0.2, -0.15) is 0 Å². The van der Waals surface area contributed by atoms with Crippen molar-refractivity contribution in [3.63, 3.8) is 0 Å². The van der Waals surface area contributed by atoms with Gasteiger partial charge in [0.2, 0.25) is 0 Å². The fraction of sp³-hybridized carbons (Fsp3) is 0.115. The summed E-state index contributed by atoms with van der Waals surface area (Å²) in [4.78, 5) is 4.62. The van der Waals surface area contributed by atoms with E-state index in [2.05, 4.69) is 55.0 Å². The van der Waals surface area contributed by atoms with E-state index in [1.54, 1.807) is 12.3 Å². The first-order chi connectivity index (χ1) is 14.8. The van der Waals surface area contributed by atoms with Gasteiger partial charge in [0, 0.05) is 28.8 Å². The second-order valence-electron chi connectivity index (χ2n) is 8.84. The standard InChI is InChI=1S/C26H21F2NOSi/c1-31(2,3)24-14-19(10-16-6-4-5-7-22(16)24)25-26-17(8-9-29-25)13-23(30-26)18-11-20(27)15-21(28)12-18/h4-15H,1-3H3. The molecule has 0 atom stereocenters. The van der Waals surface area contributed by atoms with Gasteiger partial charge in [-0.1, -0.05) is 55.2 Å². The molecule has 0 bridgehead atoms. The minimum atomic E-state index is -1.63. The number of pyridine rings is 1. The molecule has 3 aromatic carbocycles. The molecule has 0 aliphatic rings. The molecule has 2 aromatic heterocycles. The van der Waals surface area contributed by atoms with Crippen LogP contribution < -0.4 is 5.19 Å². The topological polar surface area (TPSA) is 26.0 Å². The highest BCUT2D eigenvalue weighted by Gasteiger charge is 2.22. The maximum Gasteiger partial charge on any atom is 0.161 e. The van der Waals surface area contributed by atoms with E-state index in [4.69, 9.17) is 4.42 Å². The van der Waals surface area contributed by atoms with Crippen LogP contribution in [0.3, 0.4) is 0 Å². The predicted octanol–water partition coefficient (Wildman–Crippen LogP) is 7.14. The molecule has 0 unspecified atom stereocenters.